The highest BCUT2D eigenvalue weighted by molar-refractivity contribution is 6.32. The second-order valence-electron chi connectivity index (χ2n) is 6.40. The first-order valence-corrected chi connectivity index (χ1v) is 9.15. The van der Waals surface area contributed by atoms with Gasteiger partial charge in [0, 0.05) is 19.2 Å². The minimum Gasteiger partial charge on any atom is -0.429 e. The van der Waals surface area contributed by atoms with Crippen molar-refractivity contribution < 1.29 is 31.8 Å². The number of aromatic nitrogens is 2. The van der Waals surface area contributed by atoms with Gasteiger partial charge in [0.1, 0.15) is 18.1 Å². The Labute approximate surface area is 182 Å². The molecule has 0 N–H and O–H groups in total. The van der Waals surface area contributed by atoms with Gasteiger partial charge in [-0.1, -0.05) is 41.9 Å². The van der Waals surface area contributed by atoms with Crippen LogP contribution in [0.1, 0.15) is 11.3 Å². The summed E-state index contributed by atoms with van der Waals surface area (Å²) in [7, 11) is 0.771. The van der Waals surface area contributed by atoms with Crippen LogP contribution >= 0.6 is 11.6 Å². The van der Waals surface area contributed by atoms with Crippen LogP contribution in [0.25, 0.3) is 5.69 Å². The SMILES string of the molecule is Cn1c(C(F)(F)F)cc(=O)n(-c2cc(OC(=O)OCc3ccccc3)c(Cl)cc2F)c1=O. The van der Waals surface area contributed by atoms with Crippen molar-refractivity contribution in [3.63, 3.8) is 0 Å². The van der Waals surface area contributed by atoms with E-state index in [1.54, 1.807) is 30.3 Å². The molecule has 0 radical (unpaired) electrons. The normalized spacial score (nSPS) is 11.3. The fourth-order valence-electron chi connectivity index (χ4n) is 2.72. The Morgan fingerprint density at radius 1 is 1.09 bits per heavy atom. The van der Waals surface area contributed by atoms with E-state index in [0.717, 1.165) is 13.1 Å². The van der Waals surface area contributed by atoms with Gasteiger partial charge in [0.25, 0.3) is 5.56 Å². The Balaban J connectivity index is 1.96. The van der Waals surface area contributed by atoms with Crippen LogP contribution in [0.5, 0.6) is 5.75 Å². The largest absolute Gasteiger partial charge is 0.514 e. The van der Waals surface area contributed by atoms with E-state index in [0.29, 0.717) is 11.6 Å². The van der Waals surface area contributed by atoms with Crippen molar-refractivity contribution in [1.82, 2.24) is 9.13 Å². The zero-order chi connectivity index (χ0) is 23.6. The van der Waals surface area contributed by atoms with E-state index in [1.165, 1.54) is 0 Å². The quantitative estimate of drug-likeness (QED) is 0.325. The molecule has 0 spiro atoms. The van der Waals surface area contributed by atoms with Crippen LogP contribution in [0.2, 0.25) is 5.02 Å². The number of alkyl halides is 3. The average molecular weight is 473 g/mol. The van der Waals surface area contributed by atoms with Gasteiger partial charge < -0.3 is 9.47 Å². The molecular formula is C20H13ClF4N2O5. The molecule has 2 aromatic carbocycles. The van der Waals surface area contributed by atoms with Gasteiger partial charge in [-0.25, -0.2) is 18.5 Å². The van der Waals surface area contributed by atoms with Crippen molar-refractivity contribution >= 4 is 17.8 Å². The number of nitrogens with zero attached hydrogens (tertiary/aromatic N) is 2. The summed E-state index contributed by atoms with van der Waals surface area (Å²) in [5.74, 6) is -1.69. The van der Waals surface area contributed by atoms with Gasteiger partial charge in [-0.3, -0.25) is 9.36 Å². The van der Waals surface area contributed by atoms with Crippen LogP contribution in [-0.4, -0.2) is 15.3 Å². The Bertz CT molecular complexity index is 1290. The first-order chi connectivity index (χ1) is 15.0. The molecule has 0 fully saturated rings. The van der Waals surface area contributed by atoms with E-state index >= 15 is 0 Å². The van der Waals surface area contributed by atoms with Gasteiger partial charge in [-0.05, 0) is 11.6 Å². The second kappa shape index (κ2) is 8.87. The zero-order valence-electron chi connectivity index (χ0n) is 16.2. The van der Waals surface area contributed by atoms with Crippen LogP contribution in [-0.2, 0) is 24.6 Å². The minimum absolute atomic E-state index is 0.143. The third-order valence-corrected chi connectivity index (χ3v) is 4.54. The number of ether oxygens (including phenoxy) is 2. The number of carbonyl (C=O) groups is 1. The molecule has 1 heterocycles. The number of carbonyl (C=O) groups excluding carboxylic acids is 1. The smallest absolute Gasteiger partial charge is 0.429 e. The lowest BCUT2D eigenvalue weighted by Crippen LogP contribution is -2.41. The first kappa shape index (κ1) is 23.1. The van der Waals surface area contributed by atoms with Crippen molar-refractivity contribution in [2.24, 2.45) is 7.05 Å². The lowest BCUT2D eigenvalue weighted by atomic mass is 10.2. The lowest BCUT2D eigenvalue weighted by molar-refractivity contribution is -0.144. The van der Waals surface area contributed by atoms with Gasteiger partial charge in [0.2, 0.25) is 0 Å². The van der Waals surface area contributed by atoms with Crippen molar-refractivity contribution in [3.05, 3.63) is 91.5 Å². The van der Waals surface area contributed by atoms with Gasteiger partial charge in [0.05, 0.1) is 10.7 Å². The highest BCUT2D eigenvalue weighted by atomic mass is 35.5. The molecule has 0 saturated carbocycles. The topological polar surface area (TPSA) is 79.5 Å². The molecule has 0 aliphatic heterocycles. The van der Waals surface area contributed by atoms with Crippen LogP contribution in [0.3, 0.4) is 0 Å². The van der Waals surface area contributed by atoms with E-state index in [4.69, 9.17) is 21.1 Å². The summed E-state index contributed by atoms with van der Waals surface area (Å²) in [5.41, 5.74) is -4.54. The van der Waals surface area contributed by atoms with E-state index in [-0.39, 0.29) is 21.8 Å². The van der Waals surface area contributed by atoms with Crippen molar-refractivity contribution in [2.45, 2.75) is 12.8 Å². The van der Waals surface area contributed by atoms with E-state index in [1.807, 2.05) is 0 Å². The molecule has 3 rings (SSSR count). The maximum atomic E-state index is 14.5. The molecule has 0 aliphatic carbocycles. The number of hydrogen-bond donors (Lipinski definition) is 0. The molecule has 12 heteroatoms. The number of halogens is 5. The summed E-state index contributed by atoms with van der Waals surface area (Å²) in [6.07, 6.45) is -6.21. The van der Waals surface area contributed by atoms with Crippen molar-refractivity contribution in [2.75, 3.05) is 0 Å². The third kappa shape index (κ3) is 4.83. The predicted molar refractivity (Wildman–Crippen MR) is 105 cm³/mol. The maximum Gasteiger partial charge on any atom is 0.514 e. The predicted octanol–water partition coefficient (Wildman–Crippen LogP) is 4.06. The van der Waals surface area contributed by atoms with Gasteiger partial charge in [-0.2, -0.15) is 13.2 Å². The fraction of sp³-hybridized carbons (Fsp3) is 0.150. The summed E-state index contributed by atoms with van der Waals surface area (Å²) >= 11 is 5.85. The van der Waals surface area contributed by atoms with E-state index < -0.39 is 51.6 Å². The molecule has 168 valence electrons. The van der Waals surface area contributed by atoms with Gasteiger partial charge in [0.15, 0.2) is 5.75 Å². The Morgan fingerprint density at radius 3 is 2.38 bits per heavy atom. The fourth-order valence-corrected chi connectivity index (χ4v) is 2.91. The molecule has 0 bridgehead atoms. The van der Waals surface area contributed by atoms with E-state index in [9.17, 15) is 31.9 Å². The molecule has 0 saturated heterocycles. The molecule has 0 aliphatic rings. The standard InChI is InChI=1S/C20H13ClF4N2O5/c1-26-16(20(23,24)25)9-17(28)27(18(26)29)14-8-15(12(21)7-13(14)22)32-19(30)31-10-11-5-3-2-4-6-11/h2-9H,10H2,1H3. The molecule has 3 aromatic rings. The number of benzene rings is 2. The Kier molecular flexibility index (Phi) is 6.40. The highest BCUT2D eigenvalue weighted by Gasteiger charge is 2.35. The summed E-state index contributed by atoms with van der Waals surface area (Å²) in [4.78, 5) is 36.5. The Hall–Kier alpha value is -3.60. The monoisotopic (exact) mass is 472 g/mol. The molecule has 1 aromatic heterocycles. The minimum atomic E-state index is -4.98. The van der Waals surface area contributed by atoms with Crippen molar-refractivity contribution in [3.8, 4) is 11.4 Å². The van der Waals surface area contributed by atoms with Gasteiger partial charge >= 0.3 is 18.0 Å². The molecule has 7 nitrogen and oxygen atoms in total. The maximum absolute atomic E-state index is 14.5. The first-order valence-electron chi connectivity index (χ1n) is 8.77. The van der Waals surface area contributed by atoms with E-state index in [2.05, 4.69) is 0 Å². The molecular weight excluding hydrogens is 460 g/mol. The van der Waals surface area contributed by atoms with Crippen LogP contribution in [0.15, 0.2) is 58.1 Å². The summed E-state index contributed by atoms with van der Waals surface area (Å²) in [6.45, 7) is -0.149. The van der Waals surface area contributed by atoms with Crippen molar-refractivity contribution in [1.29, 1.82) is 0 Å². The zero-order valence-corrected chi connectivity index (χ0v) is 16.9. The Morgan fingerprint density at radius 2 is 1.75 bits per heavy atom. The molecule has 0 unspecified atom stereocenters. The van der Waals surface area contributed by atoms with Crippen LogP contribution in [0.4, 0.5) is 22.4 Å². The van der Waals surface area contributed by atoms with Crippen LogP contribution < -0.4 is 16.0 Å². The number of hydrogen-bond acceptors (Lipinski definition) is 5. The summed E-state index contributed by atoms with van der Waals surface area (Å²) in [5, 5.41) is -0.403. The average Bonchev–Trinajstić information content (AvgIpc) is 2.72. The third-order valence-electron chi connectivity index (χ3n) is 4.25. The second-order valence-corrected chi connectivity index (χ2v) is 6.81. The molecule has 0 atom stereocenters. The van der Waals surface area contributed by atoms with Crippen LogP contribution in [0, 0.1) is 5.82 Å². The number of rotatable bonds is 4. The lowest BCUT2D eigenvalue weighted by Gasteiger charge is -2.15. The summed E-state index contributed by atoms with van der Waals surface area (Å²) in [6, 6.07) is 10.1. The summed E-state index contributed by atoms with van der Waals surface area (Å²) < 4.78 is 63.6. The van der Waals surface area contributed by atoms with Gasteiger partial charge in [-0.15, -0.1) is 0 Å². The highest BCUT2D eigenvalue weighted by Crippen LogP contribution is 2.30. The molecule has 32 heavy (non-hydrogen) atoms. The molecule has 0 amide bonds.